The number of nitrogens with one attached hydrogen (secondary N) is 4. The van der Waals surface area contributed by atoms with Crippen molar-refractivity contribution in [2.24, 2.45) is 10.8 Å². The third-order valence-electron chi connectivity index (χ3n) is 5.66. The first-order valence-electron chi connectivity index (χ1n) is 12.7. The lowest BCUT2D eigenvalue weighted by Crippen LogP contribution is -2.45. The van der Waals surface area contributed by atoms with E-state index in [9.17, 15) is 29.1 Å². The van der Waals surface area contributed by atoms with Crippen molar-refractivity contribution in [3.8, 4) is 0 Å². The average molecular weight is 547 g/mol. The molecule has 0 aliphatic carbocycles. The van der Waals surface area contributed by atoms with Crippen molar-refractivity contribution in [3.05, 3.63) is 0 Å². The van der Waals surface area contributed by atoms with Crippen LogP contribution >= 0.6 is 11.9 Å². The molecule has 2 atom stereocenters. The Morgan fingerprint density at radius 1 is 0.811 bits per heavy atom. The van der Waals surface area contributed by atoms with Crippen LogP contribution in [-0.4, -0.2) is 71.3 Å². The number of carbonyl (C=O) groups is 5. The number of carboxylic acids is 2. The molecule has 2 unspecified atom stereocenters. The van der Waals surface area contributed by atoms with Crippen molar-refractivity contribution in [2.75, 3.05) is 19.3 Å². The average Bonchev–Trinajstić information content (AvgIpc) is 2.76. The summed E-state index contributed by atoms with van der Waals surface area (Å²) < 4.78 is 2.97. The van der Waals surface area contributed by atoms with E-state index in [-0.39, 0.29) is 37.0 Å². The molecular formula is C25H46N4O7S. The fraction of sp³-hybridized carbons (Fsp3) is 0.800. The molecule has 0 rings (SSSR count). The molecule has 0 aromatic rings. The molecule has 12 heteroatoms. The van der Waals surface area contributed by atoms with E-state index in [1.807, 2.05) is 34.7 Å². The van der Waals surface area contributed by atoms with E-state index in [0.29, 0.717) is 25.8 Å². The highest BCUT2D eigenvalue weighted by Crippen LogP contribution is 2.36. The summed E-state index contributed by atoms with van der Waals surface area (Å²) in [5.74, 6) is -2.61. The molecule has 0 aromatic heterocycles. The quantitative estimate of drug-likeness (QED) is 0.0989. The molecule has 0 aliphatic rings. The molecule has 3 amide bonds. The van der Waals surface area contributed by atoms with Gasteiger partial charge in [-0.3, -0.25) is 19.1 Å². The van der Waals surface area contributed by atoms with Crippen molar-refractivity contribution < 1.29 is 34.2 Å². The molecule has 0 aromatic carbocycles. The molecule has 0 bridgehead atoms. The van der Waals surface area contributed by atoms with Crippen molar-refractivity contribution in [1.82, 2.24) is 20.7 Å². The van der Waals surface area contributed by atoms with E-state index in [1.165, 1.54) is 0 Å². The molecule has 6 N–H and O–H groups in total. The van der Waals surface area contributed by atoms with Gasteiger partial charge in [0.1, 0.15) is 12.1 Å². The summed E-state index contributed by atoms with van der Waals surface area (Å²) in [6, 6.07) is -2.29. The fourth-order valence-electron chi connectivity index (χ4n) is 4.28. The second kappa shape index (κ2) is 17.2. The van der Waals surface area contributed by atoms with Gasteiger partial charge in [0.05, 0.1) is 0 Å². The molecular weight excluding hydrogens is 500 g/mol. The van der Waals surface area contributed by atoms with Crippen molar-refractivity contribution in [3.63, 3.8) is 0 Å². The number of hydrogen-bond donors (Lipinski definition) is 6. The highest BCUT2D eigenvalue weighted by Gasteiger charge is 2.32. The van der Waals surface area contributed by atoms with E-state index in [4.69, 9.17) is 5.11 Å². The fourth-order valence-corrected chi connectivity index (χ4v) is 4.77. The first kappa shape index (κ1) is 34.7. The van der Waals surface area contributed by atoms with E-state index in [0.717, 1.165) is 12.2 Å². The molecule has 0 saturated carbocycles. The molecule has 0 heterocycles. The maximum absolute atomic E-state index is 12.7. The van der Waals surface area contributed by atoms with Gasteiger partial charge in [-0.05, 0) is 43.6 Å². The minimum Gasteiger partial charge on any atom is -0.480 e. The zero-order chi connectivity index (χ0) is 28.6. The van der Waals surface area contributed by atoms with Crippen LogP contribution in [0.5, 0.6) is 0 Å². The summed E-state index contributed by atoms with van der Waals surface area (Å²) in [5.41, 5.74) is -0.764. The van der Waals surface area contributed by atoms with Gasteiger partial charge >= 0.3 is 11.9 Å². The third kappa shape index (κ3) is 16.9. The summed E-state index contributed by atoms with van der Waals surface area (Å²) in [6.45, 7) is 10.1. The Labute approximate surface area is 224 Å². The lowest BCUT2D eigenvalue weighted by atomic mass is 9.73. The van der Waals surface area contributed by atoms with Crippen LogP contribution in [0.1, 0.15) is 86.0 Å². The van der Waals surface area contributed by atoms with Crippen molar-refractivity contribution >= 4 is 41.6 Å². The molecule has 11 nitrogen and oxygen atoms in total. The van der Waals surface area contributed by atoms with Crippen LogP contribution < -0.4 is 20.7 Å². The lowest BCUT2D eigenvalue weighted by Gasteiger charge is -2.35. The zero-order valence-corrected chi connectivity index (χ0v) is 23.9. The number of hydrogen-bond acceptors (Lipinski definition) is 7. The minimum atomic E-state index is -1.27. The van der Waals surface area contributed by atoms with Crippen LogP contribution in [0.3, 0.4) is 0 Å². The van der Waals surface area contributed by atoms with Gasteiger partial charge in [0.2, 0.25) is 17.7 Å². The molecule has 0 aliphatic heterocycles. The van der Waals surface area contributed by atoms with Gasteiger partial charge in [0.25, 0.3) is 0 Å². The maximum Gasteiger partial charge on any atom is 0.326 e. The maximum atomic E-state index is 12.7. The van der Waals surface area contributed by atoms with E-state index >= 15 is 0 Å². The van der Waals surface area contributed by atoms with Gasteiger partial charge in [-0.1, -0.05) is 53.0 Å². The lowest BCUT2D eigenvalue weighted by molar-refractivity contribution is -0.143. The number of carboxylic acid groups (broad SMARTS) is 2. The summed E-state index contributed by atoms with van der Waals surface area (Å²) in [4.78, 5) is 59.7. The zero-order valence-electron chi connectivity index (χ0n) is 23.1. The van der Waals surface area contributed by atoms with Gasteiger partial charge in [-0.15, -0.1) is 0 Å². The topological polar surface area (TPSA) is 174 Å². The van der Waals surface area contributed by atoms with Crippen LogP contribution in [-0.2, 0) is 24.0 Å². The minimum absolute atomic E-state index is 0.0157. The van der Waals surface area contributed by atoms with E-state index in [2.05, 4.69) is 20.7 Å². The van der Waals surface area contributed by atoms with Crippen molar-refractivity contribution in [2.45, 2.75) is 98.1 Å². The second-order valence-electron chi connectivity index (χ2n) is 10.9. The predicted octanol–water partition coefficient (Wildman–Crippen LogP) is 2.30. The standard InChI is InChI=1S/C25H46N4O7S/c1-7-9-17(22(33)34)28-20(31)12-11-18(23(35)36)29-21(32)14-24(2,3)15-25(4,5)16-27-19(30)10-8-13-37-26-6/h17-18,26H,7-16H2,1-6H3,(H,27,30)(H,28,31)(H,29,32)(H,33,34)(H,35,36). The molecule has 0 saturated heterocycles. The highest BCUT2D eigenvalue weighted by atomic mass is 32.2. The molecule has 0 spiro atoms. The van der Waals surface area contributed by atoms with Crippen LogP contribution in [0.25, 0.3) is 0 Å². The summed E-state index contributed by atoms with van der Waals surface area (Å²) in [5, 5.41) is 26.5. The van der Waals surface area contributed by atoms with Crippen molar-refractivity contribution in [1.29, 1.82) is 0 Å². The Balaban J connectivity index is 4.75. The van der Waals surface area contributed by atoms with Crippen LogP contribution in [0.15, 0.2) is 0 Å². The van der Waals surface area contributed by atoms with Crippen LogP contribution in [0, 0.1) is 10.8 Å². The summed E-state index contributed by atoms with van der Waals surface area (Å²) >= 11 is 1.56. The van der Waals surface area contributed by atoms with Gasteiger partial charge in [-0.25, -0.2) is 9.59 Å². The monoisotopic (exact) mass is 546 g/mol. The molecule has 0 radical (unpaired) electrons. The number of rotatable bonds is 20. The van der Waals surface area contributed by atoms with Gasteiger partial charge < -0.3 is 26.2 Å². The Morgan fingerprint density at radius 3 is 1.92 bits per heavy atom. The first-order valence-corrected chi connectivity index (χ1v) is 13.7. The highest BCUT2D eigenvalue weighted by molar-refractivity contribution is 7.97. The molecule has 0 fully saturated rings. The van der Waals surface area contributed by atoms with Gasteiger partial charge in [0.15, 0.2) is 0 Å². The predicted molar refractivity (Wildman–Crippen MR) is 144 cm³/mol. The first-order chi connectivity index (χ1) is 17.1. The van der Waals surface area contributed by atoms with E-state index in [1.54, 1.807) is 18.9 Å². The molecule has 214 valence electrons. The Kier molecular flexibility index (Phi) is 16.1. The van der Waals surface area contributed by atoms with E-state index < -0.39 is 41.3 Å². The Morgan fingerprint density at radius 2 is 1.38 bits per heavy atom. The van der Waals surface area contributed by atoms with Gasteiger partial charge in [0, 0.05) is 31.6 Å². The van der Waals surface area contributed by atoms with Gasteiger partial charge in [-0.2, -0.15) is 0 Å². The number of carbonyl (C=O) groups excluding carboxylic acids is 3. The van der Waals surface area contributed by atoms with Crippen LogP contribution in [0.2, 0.25) is 0 Å². The largest absolute Gasteiger partial charge is 0.480 e. The summed E-state index contributed by atoms with van der Waals surface area (Å²) in [6.07, 6.45) is 2.35. The van der Waals surface area contributed by atoms with Crippen LogP contribution in [0.4, 0.5) is 0 Å². The Hall–Kier alpha value is -2.34. The number of amides is 3. The second-order valence-corrected chi connectivity index (χ2v) is 12.0. The third-order valence-corrected chi connectivity index (χ3v) is 6.44. The Bertz CT molecular complexity index is 774. The smallest absolute Gasteiger partial charge is 0.326 e. The number of aliphatic carboxylic acids is 2. The normalized spacial score (nSPS) is 13.4. The summed E-state index contributed by atoms with van der Waals surface area (Å²) in [7, 11) is 1.84. The molecule has 37 heavy (non-hydrogen) atoms. The SMILES string of the molecule is CCCC(NC(=O)CCC(NC(=O)CC(C)(C)CC(C)(C)CNC(=O)CCCSNC)C(=O)O)C(=O)O.